The monoisotopic (exact) mass is 280 g/mol. The van der Waals surface area contributed by atoms with E-state index in [0.717, 1.165) is 24.6 Å². The molecule has 114 valence electrons. The highest BCUT2D eigenvalue weighted by atomic mass is 16.5. The molecule has 0 aliphatic rings. The molecule has 0 aliphatic heterocycles. The van der Waals surface area contributed by atoms with E-state index in [1.165, 1.54) is 18.4 Å². The topological polar surface area (TPSA) is 33.7 Å². The van der Waals surface area contributed by atoms with Crippen LogP contribution >= 0.6 is 0 Å². The molecule has 1 atom stereocenters. The fourth-order valence-corrected chi connectivity index (χ4v) is 2.16. The van der Waals surface area contributed by atoms with Crippen LogP contribution in [0, 0.1) is 0 Å². The number of benzene rings is 1. The zero-order valence-electron chi connectivity index (χ0n) is 13.4. The number of unbranched alkanes of at least 4 members (excludes halogenated alkanes) is 1. The molecule has 1 aromatic carbocycles. The lowest BCUT2D eigenvalue weighted by Crippen LogP contribution is -2.21. The summed E-state index contributed by atoms with van der Waals surface area (Å²) >= 11 is 0. The van der Waals surface area contributed by atoms with Crippen LogP contribution in [0.3, 0.4) is 0 Å². The minimum atomic E-state index is 0.273. The molecule has 0 aromatic heterocycles. The molecule has 0 amide bonds. The van der Waals surface area contributed by atoms with E-state index >= 15 is 0 Å². The molecule has 1 unspecified atom stereocenters. The summed E-state index contributed by atoms with van der Waals surface area (Å²) < 4.78 is 10.7. The molecule has 0 fully saturated rings. The van der Waals surface area contributed by atoms with Crippen molar-refractivity contribution < 1.29 is 9.47 Å². The highest BCUT2D eigenvalue weighted by molar-refractivity contribution is 5.42. The Bertz CT molecular complexity index is 394. The maximum absolute atomic E-state index is 5.44. The maximum atomic E-state index is 5.44. The summed E-state index contributed by atoms with van der Waals surface area (Å²) in [6, 6.07) is 6.24. The van der Waals surface area contributed by atoms with Gasteiger partial charge in [0.1, 0.15) is 11.5 Å². The van der Waals surface area contributed by atoms with Crippen LogP contribution in [-0.4, -0.2) is 46.3 Å². The summed E-state index contributed by atoms with van der Waals surface area (Å²) in [6.07, 6.45) is 2.40. The molecule has 4 nitrogen and oxygen atoms in total. The van der Waals surface area contributed by atoms with Gasteiger partial charge in [0.2, 0.25) is 0 Å². The Labute approximate surface area is 123 Å². The first-order valence-electron chi connectivity index (χ1n) is 7.18. The van der Waals surface area contributed by atoms with Gasteiger partial charge in [-0.2, -0.15) is 0 Å². The first kappa shape index (κ1) is 16.8. The van der Waals surface area contributed by atoms with Crippen LogP contribution in [0.1, 0.15) is 31.4 Å². The van der Waals surface area contributed by atoms with E-state index in [1.54, 1.807) is 14.2 Å². The van der Waals surface area contributed by atoms with E-state index in [2.05, 4.69) is 37.3 Å². The SMILES string of the molecule is COc1ccc(C(C)NCCCCN(C)C)c(OC)c1. The molecule has 1 N–H and O–H groups in total. The summed E-state index contributed by atoms with van der Waals surface area (Å²) in [6.45, 7) is 4.32. The van der Waals surface area contributed by atoms with Crippen LogP contribution in [-0.2, 0) is 0 Å². The Morgan fingerprint density at radius 3 is 2.50 bits per heavy atom. The van der Waals surface area contributed by atoms with Crippen molar-refractivity contribution in [1.82, 2.24) is 10.2 Å². The van der Waals surface area contributed by atoms with Gasteiger partial charge in [-0.3, -0.25) is 0 Å². The third-order valence-corrected chi connectivity index (χ3v) is 3.39. The van der Waals surface area contributed by atoms with Crippen molar-refractivity contribution in [3.63, 3.8) is 0 Å². The van der Waals surface area contributed by atoms with Gasteiger partial charge in [-0.25, -0.2) is 0 Å². The van der Waals surface area contributed by atoms with Gasteiger partial charge in [0.05, 0.1) is 14.2 Å². The molecule has 1 rings (SSSR count). The maximum Gasteiger partial charge on any atom is 0.127 e. The van der Waals surface area contributed by atoms with E-state index in [-0.39, 0.29) is 6.04 Å². The zero-order chi connectivity index (χ0) is 15.0. The van der Waals surface area contributed by atoms with Gasteiger partial charge in [-0.1, -0.05) is 6.07 Å². The van der Waals surface area contributed by atoms with Gasteiger partial charge < -0.3 is 19.7 Å². The van der Waals surface area contributed by atoms with E-state index in [1.807, 2.05) is 12.1 Å². The van der Waals surface area contributed by atoms with Crippen LogP contribution in [0.15, 0.2) is 18.2 Å². The van der Waals surface area contributed by atoms with Crippen LogP contribution in [0.4, 0.5) is 0 Å². The smallest absolute Gasteiger partial charge is 0.127 e. The fourth-order valence-electron chi connectivity index (χ4n) is 2.16. The number of methoxy groups -OCH3 is 2. The van der Waals surface area contributed by atoms with Crippen molar-refractivity contribution in [2.75, 3.05) is 41.4 Å². The number of hydrogen-bond donors (Lipinski definition) is 1. The third-order valence-electron chi connectivity index (χ3n) is 3.39. The number of hydrogen-bond acceptors (Lipinski definition) is 4. The standard InChI is InChI=1S/C16H28N2O2/c1-13(17-10-6-7-11-18(2)3)15-9-8-14(19-4)12-16(15)20-5/h8-9,12-13,17H,6-7,10-11H2,1-5H3. The van der Waals surface area contributed by atoms with Crippen molar-refractivity contribution >= 4 is 0 Å². The average molecular weight is 280 g/mol. The van der Waals surface area contributed by atoms with Gasteiger partial charge in [0.15, 0.2) is 0 Å². The molecule has 1 aromatic rings. The van der Waals surface area contributed by atoms with Crippen LogP contribution in [0.5, 0.6) is 11.5 Å². The van der Waals surface area contributed by atoms with E-state index in [4.69, 9.17) is 9.47 Å². The highest BCUT2D eigenvalue weighted by Gasteiger charge is 2.11. The Balaban J connectivity index is 2.48. The Kier molecular flexibility index (Phi) is 7.41. The molecular weight excluding hydrogens is 252 g/mol. The first-order chi connectivity index (χ1) is 9.58. The molecule has 0 spiro atoms. The molecule has 20 heavy (non-hydrogen) atoms. The van der Waals surface area contributed by atoms with Crippen molar-refractivity contribution in [2.24, 2.45) is 0 Å². The Hall–Kier alpha value is -1.26. The molecule has 0 radical (unpaired) electrons. The second-order valence-electron chi connectivity index (χ2n) is 5.29. The second-order valence-corrected chi connectivity index (χ2v) is 5.29. The minimum absolute atomic E-state index is 0.273. The van der Waals surface area contributed by atoms with Crippen LogP contribution < -0.4 is 14.8 Å². The first-order valence-corrected chi connectivity index (χ1v) is 7.18. The molecular formula is C16H28N2O2. The molecule has 0 saturated carbocycles. The van der Waals surface area contributed by atoms with Crippen LogP contribution in [0.25, 0.3) is 0 Å². The number of nitrogens with zero attached hydrogens (tertiary/aromatic N) is 1. The van der Waals surface area contributed by atoms with E-state index in [9.17, 15) is 0 Å². The Morgan fingerprint density at radius 1 is 1.15 bits per heavy atom. The lowest BCUT2D eigenvalue weighted by atomic mass is 10.1. The quantitative estimate of drug-likeness (QED) is 0.705. The molecule has 4 heteroatoms. The zero-order valence-corrected chi connectivity index (χ0v) is 13.4. The predicted molar refractivity (Wildman–Crippen MR) is 83.8 cm³/mol. The summed E-state index contributed by atoms with van der Waals surface area (Å²) in [5.74, 6) is 1.70. The lowest BCUT2D eigenvalue weighted by molar-refractivity contribution is 0.380. The second kappa shape index (κ2) is 8.82. The fraction of sp³-hybridized carbons (Fsp3) is 0.625. The molecule has 0 saturated heterocycles. The van der Waals surface area contributed by atoms with E-state index in [0.29, 0.717) is 0 Å². The van der Waals surface area contributed by atoms with Gasteiger partial charge in [0, 0.05) is 17.7 Å². The minimum Gasteiger partial charge on any atom is -0.497 e. The number of nitrogens with one attached hydrogen (secondary N) is 1. The molecule has 0 aliphatic carbocycles. The van der Waals surface area contributed by atoms with Crippen molar-refractivity contribution in [2.45, 2.75) is 25.8 Å². The van der Waals surface area contributed by atoms with Gasteiger partial charge in [-0.15, -0.1) is 0 Å². The number of rotatable bonds is 9. The molecule has 0 heterocycles. The summed E-state index contributed by atoms with van der Waals surface area (Å²) in [5.41, 5.74) is 1.17. The lowest BCUT2D eigenvalue weighted by Gasteiger charge is -2.18. The van der Waals surface area contributed by atoms with Crippen molar-refractivity contribution in [1.29, 1.82) is 0 Å². The summed E-state index contributed by atoms with van der Waals surface area (Å²) in [4.78, 5) is 2.22. The van der Waals surface area contributed by atoms with Gasteiger partial charge in [-0.05, 0) is 53.0 Å². The Morgan fingerprint density at radius 2 is 1.90 bits per heavy atom. The average Bonchev–Trinajstić information content (AvgIpc) is 2.45. The van der Waals surface area contributed by atoms with Gasteiger partial charge in [0.25, 0.3) is 0 Å². The number of ether oxygens (including phenoxy) is 2. The van der Waals surface area contributed by atoms with Crippen LogP contribution in [0.2, 0.25) is 0 Å². The van der Waals surface area contributed by atoms with Gasteiger partial charge >= 0.3 is 0 Å². The summed E-state index contributed by atoms with van der Waals surface area (Å²) in [5, 5.41) is 3.55. The third kappa shape index (κ3) is 5.39. The van der Waals surface area contributed by atoms with Crippen molar-refractivity contribution in [3.05, 3.63) is 23.8 Å². The summed E-state index contributed by atoms with van der Waals surface area (Å²) in [7, 11) is 7.58. The van der Waals surface area contributed by atoms with Crippen molar-refractivity contribution in [3.8, 4) is 11.5 Å². The highest BCUT2D eigenvalue weighted by Crippen LogP contribution is 2.29. The predicted octanol–water partition coefficient (Wildman–Crippen LogP) is 2.70. The largest absolute Gasteiger partial charge is 0.497 e. The molecule has 0 bridgehead atoms. The van der Waals surface area contributed by atoms with E-state index < -0.39 is 0 Å². The normalized spacial score (nSPS) is 12.5.